The number of nitrogens with zero attached hydrogens (tertiary/aromatic N) is 14. The van der Waals surface area contributed by atoms with E-state index in [2.05, 4.69) is 76.4 Å². The van der Waals surface area contributed by atoms with Crippen LogP contribution >= 0.6 is 58.0 Å². The van der Waals surface area contributed by atoms with E-state index >= 15 is 0 Å². The second-order valence-electron chi connectivity index (χ2n) is 23.4. The van der Waals surface area contributed by atoms with Gasteiger partial charge in [0.25, 0.3) is 17.7 Å². The Morgan fingerprint density at radius 1 is 0.467 bits per heavy atom. The van der Waals surface area contributed by atoms with Gasteiger partial charge in [-0.3, -0.25) is 35.3 Å². The first kappa shape index (κ1) is 80.0. The number of carbonyl (C=O) groups is 3. The number of alkyl halides is 9. The highest BCUT2D eigenvalue weighted by Gasteiger charge is 2.35. The fraction of sp³-hybridized carbons (Fsp3) is 0.183. The molecular formula is C71H58Cl5F9N18O4. The van der Waals surface area contributed by atoms with Crippen LogP contribution in [0.25, 0.3) is 28.7 Å². The molecule has 554 valence electrons. The first-order chi connectivity index (χ1) is 50.6. The number of aromatic nitrogens is 14. The van der Waals surface area contributed by atoms with Gasteiger partial charge in [0.15, 0.2) is 17.5 Å². The van der Waals surface area contributed by atoms with Crippen LogP contribution in [0.2, 0.25) is 25.2 Å². The molecule has 0 unspecified atom stereocenters. The number of hydrogen-bond donors (Lipinski definition) is 4. The molecule has 0 atom stereocenters. The van der Waals surface area contributed by atoms with Crippen LogP contribution in [0.1, 0.15) is 93.3 Å². The maximum atomic E-state index is 12.9. The van der Waals surface area contributed by atoms with Crippen LogP contribution in [0.15, 0.2) is 165 Å². The summed E-state index contributed by atoms with van der Waals surface area (Å²) in [7, 11) is 1.55. The Balaban J connectivity index is 0.000000165. The molecule has 0 spiro atoms. The number of hydrogen-bond acceptors (Lipinski definition) is 16. The van der Waals surface area contributed by atoms with E-state index in [4.69, 9.17) is 62.7 Å². The molecule has 0 radical (unpaired) electrons. The van der Waals surface area contributed by atoms with Crippen molar-refractivity contribution < 1.29 is 58.6 Å². The molecule has 22 nitrogen and oxygen atoms in total. The van der Waals surface area contributed by atoms with Crippen LogP contribution in [0.5, 0.6) is 5.75 Å². The van der Waals surface area contributed by atoms with E-state index in [1.165, 1.54) is 58.2 Å². The highest BCUT2D eigenvalue weighted by Crippen LogP contribution is 2.35. The Labute approximate surface area is 628 Å². The summed E-state index contributed by atoms with van der Waals surface area (Å²) in [5, 5.41) is 24.0. The number of aryl methyl sites for hydroxylation is 7. The van der Waals surface area contributed by atoms with Crippen molar-refractivity contribution >= 4 is 99.3 Å². The molecule has 3 amide bonds. The standard InChI is InChI=1S/C22H20ClF3N2.C17H13ClF3N5O.C17H16ClN5O2.C15H9Cl2F3N6O/c1-15-11-16(13-17(12-15)22(24,25)26)5-4-10-27-18-7-8-20(23)19(14-18)21-6-2-3-9-28-21;1-9-3-11(6-12(4-9)17(19,20)21)15(27)24-16-23-8-26(25-16)14-13(18)5-10(2)7-22-14;1-10-4-12(7-13(5-10)25-3)16(24)21-17-20-9-23(22-17)15-14(18)6-11(2)8-19-15;1-7-4-9(16)12(21-5-7)26-6-22-14(25-26)24-13(27)8-2-3-10(15(18,19)20)23-11(8)17/h2-3,6-9,11-14,27H,4-5,10H2,1H3;3-8H,1-2H3,(H,24,25,27);4-9H,1-3H3,(H,21,22,24);2-6H,1H3,(H,24,25,27). The van der Waals surface area contributed by atoms with E-state index in [0.29, 0.717) is 91.0 Å². The number of nitrogens with one attached hydrogen (secondary N) is 4. The van der Waals surface area contributed by atoms with E-state index in [0.717, 1.165) is 57.4 Å². The van der Waals surface area contributed by atoms with Gasteiger partial charge in [-0.05, 0) is 197 Å². The van der Waals surface area contributed by atoms with Crippen molar-refractivity contribution in [1.29, 1.82) is 0 Å². The lowest BCUT2D eigenvalue weighted by atomic mass is 10.0. The molecule has 0 saturated carbocycles. The van der Waals surface area contributed by atoms with Gasteiger partial charge in [0, 0.05) is 53.7 Å². The maximum absolute atomic E-state index is 12.9. The van der Waals surface area contributed by atoms with Gasteiger partial charge < -0.3 is 10.1 Å². The molecule has 107 heavy (non-hydrogen) atoms. The fourth-order valence-electron chi connectivity index (χ4n) is 9.75. The number of halogens is 14. The summed E-state index contributed by atoms with van der Waals surface area (Å²) in [5.74, 6) is -0.298. The number of ether oxygens (including phenoxy) is 1. The molecule has 12 rings (SSSR count). The largest absolute Gasteiger partial charge is 0.497 e. The number of pyridine rings is 5. The lowest BCUT2D eigenvalue weighted by Gasteiger charge is -2.12. The zero-order valence-electron chi connectivity index (χ0n) is 56.9. The lowest BCUT2D eigenvalue weighted by molar-refractivity contribution is -0.141. The number of amides is 3. The first-order valence-corrected chi connectivity index (χ1v) is 33.2. The number of benzene rings is 4. The van der Waals surface area contributed by atoms with E-state index in [-0.39, 0.29) is 34.9 Å². The molecule has 0 bridgehead atoms. The smallest absolute Gasteiger partial charge is 0.433 e. The summed E-state index contributed by atoms with van der Waals surface area (Å²) >= 11 is 30.3. The van der Waals surface area contributed by atoms with Crippen LogP contribution in [-0.4, -0.2) is 101 Å². The lowest BCUT2D eigenvalue weighted by Crippen LogP contribution is -2.16. The van der Waals surface area contributed by atoms with Gasteiger partial charge in [-0.25, -0.2) is 19.9 Å². The van der Waals surface area contributed by atoms with Crippen molar-refractivity contribution in [1.82, 2.24) is 69.2 Å². The summed E-state index contributed by atoms with van der Waals surface area (Å²) in [4.78, 5) is 68.8. The third-order valence-corrected chi connectivity index (χ3v) is 16.1. The van der Waals surface area contributed by atoms with Crippen LogP contribution in [-0.2, 0) is 24.9 Å². The van der Waals surface area contributed by atoms with Gasteiger partial charge >= 0.3 is 18.5 Å². The predicted molar refractivity (Wildman–Crippen MR) is 386 cm³/mol. The van der Waals surface area contributed by atoms with Crippen molar-refractivity contribution in [2.75, 3.05) is 34.9 Å². The molecule has 0 aliphatic rings. The minimum Gasteiger partial charge on any atom is -0.497 e. The molecule has 12 aromatic rings. The summed E-state index contributed by atoms with van der Waals surface area (Å²) in [6, 6.07) is 30.5. The molecule has 0 fully saturated rings. The normalized spacial score (nSPS) is 11.3. The molecule has 4 N–H and O–H groups in total. The monoisotopic (exact) mass is 1570 g/mol. The van der Waals surface area contributed by atoms with E-state index in [1.54, 1.807) is 75.2 Å². The molecule has 8 aromatic heterocycles. The molecule has 0 saturated heterocycles. The summed E-state index contributed by atoms with van der Waals surface area (Å²) in [5.41, 5.74) is 5.06. The van der Waals surface area contributed by atoms with Gasteiger partial charge in [-0.1, -0.05) is 75.7 Å². The zero-order valence-corrected chi connectivity index (χ0v) is 60.7. The quantitative estimate of drug-likeness (QED) is 0.0398. The number of carbonyl (C=O) groups excluding carboxylic acids is 3. The molecule has 0 aliphatic carbocycles. The SMILES string of the molecule is COc1cc(C)cc(C(=O)Nc2ncn(-c3ncc(C)cc3Cl)n2)c1.Cc1cc(C(=O)Nc2ncn(-c3ncc(C)cc3Cl)n2)cc(C(F)(F)F)c1.Cc1cc(CCCNc2ccc(Cl)c(-c3ccccn3)c2)cc(C(F)(F)F)c1.Cc1cnc(-n2cnc(NC(=O)c3ccc(C(F)(F)F)nc3Cl)n2)c(Cl)c1. The minimum atomic E-state index is -4.67. The molecule has 4 aromatic carbocycles. The molecule has 0 aliphatic heterocycles. The summed E-state index contributed by atoms with van der Waals surface area (Å²) < 4.78 is 124. The molecule has 36 heteroatoms. The third-order valence-electron chi connectivity index (χ3n) is 14.6. The van der Waals surface area contributed by atoms with Gasteiger partial charge in [-0.2, -0.15) is 68.5 Å². The first-order valence-electron chi connectivity index (χ1n) is 31.3. The molecular weight excluding hydrogens is 1520 g/mol. The third kappa shape index (κ3) is 22.2. The van der Waals surface area contributed by atoms with Crippen LogP contribution < -0.4 is 26.0 Å². The predicted octanol–water partition coefficient (Wildman–Crippen LogP) is 18.1. The van der Waals surface area contributed by atoms with Crippen molar-refractivity contribution in [2.24, 2.45) is 0 Å². The number of methoxy groups -OCH3 is 1. The van der Waals surface area contributed by atoms with Gasteiger partial charge in [0.05, 0.1) is 49.6 Å². The minimum absolute atomic E-state index is 0.0893. The van der Waals surface area contributed by atoms with Crippen LogP contribution in [0.4, 0.5) is 63.0 Å². The van der Waals surface area contributed by atoms with Crippen molar-refractivity contribution in [3.8, 4) is 34.5 Å². The Hall–Kier alpha value is -11.1. The van der Waals surface area contributed by atoms with E-state index in [9.17, 15) is 53.9 Å². The number of anilines is 4. The Kier molecular flexibility index (Phi) is 26.1. The van der Waals surface area contributed by atoms with Crippen molar-refractivity contribution in [3.05, 3.63) is 263 Å². The molecule has 8 heterocycles. The van der Waals surface area contributed by atoms with Crippen molar-refractivity contribution in [3.63, 3.8) is 0 Å². The Morgan fingerprint density at radius 2 is 0.944 bits per heavy atom. The second kappa shape index (κ2) is 34.9. The Morgan fingerprint density at radius 3 is 1.40 bits per heavy atom. The topological polar surface area (TPSA) is 265 Å². The summed E-state index contributed by atoms with van der Waals surface area (Å²) in [6.45, 7) is 11.2. The average Bonchev–Trinajstić information content (AvgIpc) is 1.75. The summed E-state index contributed by atoms with van der Waals surface area (Å²) in [6.07, 6.45) is -1.69. The van der Waals surface area contributed by atoms with Crippen LogP contribution in [0, 0.1) is 41.5 Å². The van der Waals surface area contributed by atoms with E-state index < -0.39 is 52.3 Å². The van der Waals surface area contributed by atoms with Gasteiger partial charge in [0.2, 0.25) is 17.8 Å². The maximum Gasteiger partial charge on any atom is 0.433 e. The fourth-order valence-corrected chi connectivity index (χ4v) is 11.1. The van der Waals surface area contributed by atoms with Crippen LogP contribution in [0.3, 0.4) is 0 Å². The van der Waals surface area contributed by atoms with Crippen molar-refractivity contribution in [2.45, 2.75) is 72.9 Å². The average molecular weight is 1580 g/mol. The number of rotatable bonds is 16. The van der Waals surface area contributed by atoms with Gasteiger partial charge in [0.1, 0.15) is 35.6 Å². The highest BCUT2D eigenvalue weighted by atomic mass is 35.5. The highest BCUT2D eigenvalue weighted by molar-refractivity contribution is 6.34. The zero-order chi connectivity index (χ0) is 77.7. The Bertz CT molecular complexity index is 5200. The second-order valence-corrected chi connectivity index (χ2v) is 25.3. The van der Waals surface area contributed by atoms with E-state index in [1.807, 2.05) is 70.2 Å². The van der Waals surface area contributed by atoms with Gasteiger partial charge in [-0.15, -0.1) is 15.3 Å².